The molecule has 1 unspecified atom stereocenters. The molecule has 0 spiro atoms. The molecule has 0 aromatic carbocycles. The van der Waals surface area contributed by atoms with Crippen molar-refractivity contribution in [2.45, 2.75) is 64.3 Å². The predicted octanol–water partition coefficient (Wildman–Crippen LogP) is 2.92. The Morgan fingerprint density at radius 2 is 1.89 bits per heavy atom. The lowest BCUT2D eigenvalue weighted by molar-refractivity contribution is 0.266. The number of nitriles is 1. The first-order chi connectivity index (χ1) is 8.70. The second-order valence-corrected chi connectivity index (χ2v) is 5.73. The molecule has 1 N–H and O–H groups in total. The molecule has 0 radical (unpaired) electrons. The minimum absolute atomic E-state index is 0.331. The Labute approximate surface area is 113 Å². The summed E-state index contributed by atoms with van der Waals surface area (Å²) in [5.41, 5.74) is -0.331. The fourth-order valence-electron chi connectivity index (χ4n) is 2.60. The van der Waals surface area contributed by atoms with E-state index in [4.69, 9.17) is 0 Å². The lowest BCUT2D eigenvalue weighted by atomic mass is 9.97. The molecule has 0 aliphatic carbocycles. The maximum Gasteiger partial charge on any atom is 0.103 e. The summed E-state index contributed by atoms with van der Waals surface area (Å²) < 4.78 is 0. The van der Waals surface area contributed by atoms with E-state index in [-0.39, 0.29) is 5.54 Å². The number of hydrogen-bond acceptors (Lipinski definition) is 3. The minimum Gasteiger partial charge on any atom is -0.303 e. The molecule has 1 rings (SSSR count). The van der Waals surface area contributed by atoms with Gasteiger partial charge in [0.05, 0.1) is 6.07 Å². The molecule has 1 heterocycles. The topological polar surface area (TPSA) is 39.1 Å². The van der Waals surface area contributed by atoms with Crippen molar-refractivity contribution in [3.8, 4) is 6.07 Å². The van der Waals surface area contributed by atoms with Gasteiger partial charge in [0.25, 0.3) is 0 Å². The highest BCUT2D eigenvalue weighted by Crippen LogP contribution is 2.14. The highest BCUT2D eigenvalue weighted by molar-refractivity contribution is 5.03. The van der Waals surface area contributed by atoms with Crippen LogP contribution in [0.5, 0.6) is 0 Å². The maximum atomic E-state index is 9.27. The largest absolute Gasteiger partial charge is 0.303 e. The lowest BCUT2D eigenvalue weighted by Crippen LogP contribution is -2.42. The van der Waals surface area contributed by atoms with E-state index in [2.05, 4.69) is 23.2 Å². The van der Waals surface area contributed by atoms with E-state index >= 15 is 0 Å². The molecule has 18 heavy (non-hydrogen) atoms. The second-order valence-electron chi connectivity index (χ2n) is 5.73. The molecule has 0 amide bonds. The smallest absolute Gasteiger partial charge is 0.103 e. The Morgan fingerprint density at radius 1 is 1.22 bits per heavy atom. The number of rotatable bonds is 7. The van der Waals surface area contributed by atoms with Crippen LogP contribution in [0.15, 0.2) is 0 Å². The summed E-state index contributed by atoms with van der Waals surface area (Å²) in [6, 6.07) is 2.43. The SMILES string of the molecule is CCCNC(C)(C#N)CCCN1CCCCCC1. The quantitative estimate of drug-likeness (QED) is 0.756. The third-order valence-corrected chi connectivity index (χ3v) is 3.86. The molecule has 1 atom stereocenters. The lowest BCUT2D eigenvalue weighted by Gasteiger charge is -2.25. The summed E-state index contributed by atoms with van der Waals surface area (Å²) in [4.78, 5) is 2.57. The highest BCUT2D eigenvalue weighted by atomic mass is 15.1. The summed E-state index contributed by atoms with van der Waals surface area (Å²) in [5, 5.41) is 12.6. The van der Waals surface area contributed by atoms with Crippen LogP contribution in [0.3, 0.4) is 0 Å². The van der Waals surface area contributed by atoms with Crippen LogP contribution >= 0.6 is 0 Å². The zero-order valence-electron chi connectivity index (χ0n) is 12.2. The molecule has 1 fully saturated rings. The maximum absolute atomic E-state index is 9.27. The van der Waals surface area contributed by atoms with Crippen LogP contribution in [0.25, 0.3) is 0 Å². The van der Waals surface area contributed by atoms with E-state index in [1.165, 1.54) is 38.8 Å². The van der Waals surface area contributed by atoms with Gasteiger partial charge in [0.1, 0.15) is 5.54 Å². The summed E-state index contributed by atoms with van der Waals surface area (Å²) in [6.07, 6.45) is 8.66. The Morgan fingerprint density at radius 3 is 2.44 bits per heavy atom. The summed E-state index contributed by atoms with van der Waals surface area (Å²) in [5.74, 6) is 0. The van der Waals surface area contributed by atoms with Crippen LogP contribution in [0.4, 0.5) is 0 Å². The van der Waals surface area contributed by atoms with Gasteiger partial charge in [-0.05, 0) is 65.2 Å². The molecule has 0 aromatic heterocycles. The third-order valence-electron chi connectivity index (χ3n) is 3.86. The number of nitrogens with one attached hydrogen (secondary N) is 1. The van der Waals surface area contributed by atoms with Crippen molar-refractivity contribution in [3.05, 3.63) is 0 Å². The molecule has 0 saturated carbocycles. The van der Waals surface area contributed by atoms with Crippen molar-refractivity contribution in [1.29, 1.82) is 5.26 Å². The Bertz CT molecular complexity index is 251. The fourth-order valence-corrected chi connectivity index (χ4v) is 2.60. The van der Waals surface area contributed by atoms with Crippen LogP contribution in [0, 0.1) is 11.3 Å². The van der Waals surface area contributed by atoms with E-state index in [0.717, 1.165) is 32.4 Å². The van der Waals surface area contributed by atoms with E-state index < -0.39 is 0 Å². The number of hydrogen-bond donors (Lipinski definition) is 1. The van der Waals surface area contributed by atoms with Gasteiger partial charge in [-0.25, -0.2) is 0 Å². The van der Waals surface area contributed by atoms with Gasteiger partial charge in [0, 0.05) is 0 Å². The molecule has 1 aliphatic heterocycles. The standard InChI is InChI=1S/C15H29N3/c1-3-10-17-15(2,14-16)9-8-13-18-11-6-4-5-7-12-18/h17H,3-13H2,1-2H3. The first-order valence-corrected chi connectivity index (χ1v) is 7.59. The van der Waals surface area contributed by atoms with E-state index in [1.54, 1.807) is 0 Å². The summed E-state index contributed by atoms with van der Waals surface area (Å²) >= 11 is 0. The van der Waals surface area contributed by atoms with Crippen LogP contribution in [0.1, 0.15) is 58.8 Å². The highest BCUT2D eigenvalue weighted by Gasteiger charge is 2.22. The molecule has 1 saturated heterocycles. The molecular weight excluding hydrogens is 222 g/mol. The second kappa shape index (κ2) is 8.50. The Kier molecular flexibility index (Phi) is 7.31. The predicted molar refractivity (Wildman–Crippen MR) is 76.5 cm³/mol. The molecule has 0 bridgehead atoms. The summed E-state index contributed by atoms with van der Waals surface area (Å²) in [6.45, 7) is 8.78. The average Bonchev–Trinajstić information content (AvgIpc) is 2.65. The fraction of sp³-hybridized carbons (Fsp3) is 0.933. The van der Waals surface area contributed by atoms with Crippen molar-refractivity contribution in [1.82, 2.24) is 10.2 Å². The monoisotopic (exact) mass is 251 g/mol. The van der Waals surface area contributed by atoms with Gasteiger partial charge in [-0.15, -0.1) is 0 Å². The van der Waals surface area contributed by atoms with Crippen molar-refractivity contribution in [3.63, 3.8) is 0 Å². The van der Waals surface area contributed by atoms with Gasteiger partial charge in [-0.3, -0.25) is 5.32 Å². The van der Waals surface area contributed by atoms with Gasteiger partial charge in [-0.2, -0.15) is 5.26 Å². The van der Waals surface area contributed by atoms with Crippen molar-refractivity contribution in [2.75, 3.05) is 26.2 Å². The Hall–Kier alpha value is -0.590. The zero-order chi connectivity index (χ0) is 13.3. The van der Waals surface area contributed by atoms with E-state index in [1.807, 2.05) is 6.92 Å². The molecular formula is C15H29N3. The van der Waals surface area contributed by atoms with Gasteiger partial charge in [-0.1, -0.05) is 19.8 Å². The molecule has 104 valence electrons. The Balaban J connectivity index is 2.23. The van der Waals surface area contributed by atoms with Crippen LogP contribution < -0.4 is 5.32 Å². The van der Waals surface area contributed by atoms with Gasteiger partial charge in [0.15, 0.2) is 0 Å². The first kappa shape index (κ1) is 15.5. The van der Waals surface area contributed by atoms with Crippen LogP contribution in [0.2, 0.25) is 0 Å². The third kappa shape index (κ3) is 5.84. The van der Waals surface area contributed by atoms with Gasteiger partial charge >= 0.3 is 0 Å². The molecule has 3 nitrogen and oxygen atoms in total. The number of nitrogens with zero attached hydrogens (tertiary/aromatic N) is 2. The van der Waals surface area contributed by atoms with Crippen LogP contribution in [-0.2, 0) is 0 Å². The first-order valence-electron chi connectivity index (χ1n) is 7.59. The van der Waals surface area contributed by atoms with Gasteiger partial charge < -0.3 is 4.90 Å². The van der Waals surface area contributed by atoms with Crippen molar-refractivity contribution >= 4 is 0 Å². The van der Waals surface area contributed by atoms with Crippen molar-refractivity contribution < 1.29 is 0 Å². The minimum atomic E-state index is -0.331. The molecule has 1 aliphatic rings. The van der Waals surface area contributed by atoms with E-state index in [0.29, 0.717) is 0 Å². The van der Waals surface area contributed by atoms with Crippen molar-refractivity contribution in [2.24, 2.45) is 0 Å². The van der Waals surface area contributed by atoms with Gasteiger partial charge in [0.2, 0.25) is 0 Å². The number of likely N-dealkylation sites (tertiary alicyclic amines) is 1. The average molecular weight is 251 g/mol. The van der Waals surface area contributed by atoms with Crippen LogP contribution in [-0.4, -0.2) is 36.6 Å². The molecule has 3 heteroatoms. The molecule has 0 aromatic rings. The normalized spacial score (nSPS) is 20.9. The zero-order valence-corrected chi connectivity index (χ0v) is 12.2. The van der Waals surface area contributed by atoms with E-state index in [9.17, 15) is 5.26 Å². The summed E-state index contributed by atoms with van der Waals surface area (Å²) in [7, 11) is 0.